The summed E-state index contributed by atoms with van der Waals surface area (Å²) in [4.78, 5) is 8.97. The molecule has 0 spiro atoms. The first-order valence-electron chi connectivity index (χ1n) is 7.45. The summed E-state index contributed by atoms with van der Waals surface area (Å²) < 4.78 is 0. The van der Waals surface area contributed by atoms with E-state index in [0.29, 0.717) is 0 Å². The monoisotopic (exact) mass is 307 g/mol. The predicted octanol–water partition coefficient (Wildman–Crippen LogP) is 1.50. The molecule has 0 bridgehead atoms. The highest BCUT2D eigenvalue weighted by atomic mass is 35.5. The fraction of sp³-hybridized carbons (Fsp3) is 0.533. The van der Waals surface area contributed by atoms with E-state index in [2.05, 4.69) is 44.6 Å². The summed E-state index contributed by atoms with van der Waals surface area (Å²) in [5, 5.41) is 7.54. The van der Waals surface area contributed by atoms with Gasteiger partial charge in [-0.25, -0.2) is 0 Å². The molecule has 0 saturated carbocycles. The number of hydrogen-bond donors (Lipinski definition) is 2. The lowest BCUT2D eigenvalue weighted by Gasteiger charge is -2.34. The molecule has 1 fully saturated rings. The Bertz CT molecular complexity index is 511. The van der Waals surface area contributed by atoms with Gasteiger partial charge < -0.3 is 15.1 Å². The molecule has 2 heterocycles. The van der Waals surface area contributed by atoms with E-state index in [1.165, 1.54) is 0 Å². The van der Waals surface area contributed by atoms with Crippen molar-refractivity contribution in [2.45, 2.75) is 6.17 Å². The van der Waals surface area contributed by atoms with Gasteiger partial charge in [0.2, 0.25) is 0 Å². The molecule has 2 aliphatic rings. The van der Waals surface area contributed by atoms with Gasteiger partial charge in [0.1, 0.15) is 6.17 Å². The molecule has 1 saturated heterocycles. The van der Waals surface area contributed by atoms with Crippen LogP contribution >= 0.6 is 11.6 Å². The van der Waals surface area contributed by atoms with Crippen molar-refractivity contribution in [3.8, 4) is 0 Å². The minimum Gasteiger partial charge on any atom is -0.368 e. The third kappa shape index (κ3) is 3.67. The van der Waals surface area contributed by atoms with E-state index >= 15 is 0 Å². The minimum absolute atomic E-state index is 0.0873. The highest BCUT2D eigenvalue weighted by Crippen LogP contribution is 2.29. The lowest BCUT2D eigenvalue weighted by atomic mass is 10.2. The maximum atomic E-state index is 6.47. The summed E-state index contributed by atoms with van der Waals surface area (Å²) in [6, 6.07) is 6.19. The molecule has 0 aliphatic carbocycles. The SMILES string of the molecule is CN1CCN(c2ccc(NC3C=NCCN3)cc2Cl)CC1. The summed E-state index contributed by atoms with van der Waals surface area (Å²) in [5.41, 5.74) is 2.14. The van der Waals surface area contributed by atoms with E-state index < -0.39 is 0 Å². The lowest BCUT2D eigenvalue weighted by molar-refractivity contribution is 0.313. The molecule has 1 aromatic carbocycles. The number of benzene rings is 1. The van der Waals surface area contributed by atoms with Crippen LogP contribution in [-0.4, -0.2) is 63.6 Å². The quantitative estimate of drug-likeness (QED) is 0.888. The molecule has 0 radical (unpaired) electrons. The lowest BCUT2D eigenvalue weighted by Crippen LogP contribution is -2.44. The van der Waals surface area contributed by atoms with Gasteiger partial charge in [-0.05, 0) is 25.2 Å². The second-order valence-corrected chi connectivity index (χ2v) is 6.00. The molecule has 1 aromatic rings. The fourth-order valence-corrected chi connectivity index (χ4v) is 2.99. The van der Waals surface area contributed by atoms with Gasteiger partial charge in [0.15, 0.2) is 0 Å². The molecule has 2 N–H and O–H groups in total. The molecule has 3 rings (SSSR count). The molecule has 0 amide bonds. The van der Waals surface area contributed by atoms with Crippen LogP contribution in [0, 0.1) is 0 Å². The predicted molar refractivity (Wildman–Crippen MR) is 89.9 cm³/mol. The van der Waals surface area contributed by atoms with Gasteiger partial charge in [-0.3, -0.25) is 10.3 Å². The molecule has 114 valence electrons. The number of piperazine rings is 1. The second kappa shape index (κ2) is 6.64. The number of aliphatic imine (C=N–C) groups is 1. The zero-order valence-corrected chi connectivity index (χ0v) is 13.1. The Morgan fingerprint density at radius 1 is 1.29 bits per heavy atom. The molecule has 0 aromatic heterocycles. The van der Waals surface area contributed by atoms with Gasteiger partial charge in [0, 0.05) is 44.6 Å². The Hall–Kier alpha value is -1.30. The van der Waals surface area contributed by atoms with E-state index in [1.54, 1.807) is 0 Å². The first-order valence-corrected chi connectivity index (χ1v) is 7.83. The number of halogens is 1. The summed E-state index contributed by atoms with van der Waals surface area (Å²) in [6.45, 7) is 5.97. The Morgan fingerprint density at radius 3 is 2.76 bits per heavy atom. The van der Waals surface area contributed by atoms with Gasteiger partial charge in [0.05, 0.1) is 17.3 Å². The molecular formula is C15H22ClN5. The van der Waals surface area contributed by atoms with Crippen molar-refractivity contribution in [1.82, 2.24) is 10.2 Å². The normalized spacial score (nSPS) is 23.3. The van der Waals surface area contributed by atoms with E-state index in [4.69, 9.17) is 11.6 Å². The fourth-order valence-electron chi connectivity index (χ4n) is 2.69. The highest BCUT2D eigenvalue weighted by molar-refractivity contribution is 6.33. The van der Waals surface area contributed by atoms with Gasteiger partial charge in [-0.2, -0.15) is 0 Å². The minimum atomic E-state index is 0.0873. The van der Waals surface area contributed by atoms with Crippen LogP contribution < -0.4 is 15.5 Å². The largest absolute Gasteiger partial charge is 0.368 e. The summed E-state index contributed by atoms with van der Waals surface area (Å²) in [6.07, 6.45) is 2.00. The van der Waals surface area contributed by atoms with Crippen molar-refractivity contribution >= 4 is 29.2 Å². The molecule has 1 unspecified atom stereocenters. The van der Waals surface area contributed by atoms with Gasteiger partial charge in [-0.15, -0.1) is 0 Å². The third-order valence-electron chi connectivity index (χ3n) is 3.97. The maximum absolute atomic E-state index is 6.47. The van der Waals surface area contributed by atoms with Crippen LogP contribution in [0.5, 0.6) is 0 Å². The van der Waals surface area contributed by atoms with E-state index in [0.717, 1.165) is 55.7 Å². The molecule has 1 atom stereocenters. The van der Waals surface area contributed by atoms with Gasteiger partial charge >= 0.3 is 0 Å². The Morgan fingerprint density at radius 2 is 2.10 bits per heavy atom. The zero-order valence-electron chi connectivity index (χ0n) is 12.3. The van der Waals surface area contributed by atoms with Gasteiger partial charge in [-0.1, -0.05) is 11.6 Å². The average molecular weight is 308 g/mol. The maximum Gasteiger partial charge on any atom is 0.113 e. The van der Waals surface area contributed by atoms with Crippen molar-refractivity contribution in [2.75, 3.05) is 56.5 Å². The Labute approximate surface area is 131 Å². The number of nitrogens with one attached hydrogen (secondary N) is 2. The molecule has 21 heavy (non-hydrogen) atoms. The van der Waals surface area contributed by atoms with Gasteiger partial charge in [0.25, 0.3) is 0 Å². The number of nitrogens with zero attached hydrogens (tertiary/aromatic N) is 3. The average Bonchev–Trinajstić information content (AvgIpc) is 2.50. The van der Waals surface area contributed by atoms with Crippen LogP contribution in [0.25, 0.3) is 0 Å². The molecule has 6 heteroatoms. The van der Waals surface area contributed by atoms with Crippen molar-refractivity contribution in [3.63, 3.8) is 0 Å². The van der Waals surface area contributed by atoms with E-state index in [1.807, 2.05) is 12.3 Å². The third-order valence-corrected chi connectivity index (χ3v) is 4.28. The summed E-state index contributed by atoms with van der Waals surface area (Å²) in [7, 11) is 2.16. The molecule has 2 aliphatic heterocycles. The summed E-state index contributed by atoms with van der Waals surface area (Å²) in [5.74, 6) is 0. The van der Waals surface area contributed by atoms with Crippen LogP contribution in [0.1, 0.15) is 0 Å². The van der Waals surface area contributed by atoms with Crippen LogP contribution in [0.4, 0.5) is 11.4 Å². The van der Waals surface area contributed by atoms with Crippen molar-refractivity contribution < 1.29 is 0 Å². The van der Waals surface area contributed by atoms with Crippen LogP contribution in [0.15, 0.2) is 23.2 Å². The highest BCUT2D eigenvalue weighted by Gasteiger charge is 2.17. The number of likely N-dealkylation sites (N-methyl/N-ethyl adjacent to an activating group) is 1. The first kappa shape index (κ1) is 14.6. The van der Waals surface area contributed by atoms with E-state index in [-0.39, 0.29) is 6.17 Å². The second-order valence-electron chi connectivity index (χ2n) is 5.59. The number of hydrogen-bond acceptors (Lipinski definition) is 5. The number of anilines is 2. The zero-order chi connectivity index (χ0) is 14.7. The standard InChI is InChI=1S/C15H22ClN5/c1-20-6-8-21(9-7-20)14-3-2-12(10-13(14)16)19-15-11-17-4-5-18-15/h2-3,10-11,15,18-19H,4-9H2,1H3. The van der Waals surface area contributed by atoms with Crippen LogP contribution in [-0.2, 0) is 0 Å². The molecular weight excluding hydrogens is 286 g/mol. The van der Waals surface area contributed by atoms with Crippen molar-refractivity contribution in [3.05, 3.63) is 23.2 Å². The van der Waals surface area contributed by atoms with Crippen molar-refractivity contribution in [2.24, 2.45) is 4.99 Å². The smallest absolute Gasteiger partial charge is 0.113 e. The number of rotatable bonds is 3. The van der Waals surface area contributed by atoms with E-state index in [9.17, 15) is 0 Å². The van der Waals surface area contributed by atoms with Crippen LogP contribution in [0.3, 0.4) is 0 Å². The topological polar surface area (TPSA) is 42.9 Å². The van der Waals surface area contributed by atoms with Crippen LogP contribution in [0.2, 0.25) is 5.02 Å². The van der Waals surface area contributed by atoms with Crippen molar-refractivity contribution in [1.29, 1.82) is 0 Å². The summed E-state index contributed by atoms with van der Waals surface area (Å²) >= 11 is 6.47. The Kier molecular flexibility index (Phi) is 4.63. The first-order chi connectivity index (χ1) is 10.2. The Balaban J connectivity index is 1.67. The molecule has 5 nitrogen and oxygen atoms in total.